The molecule has 2 unspecified atom stereocenters. The molecule has 0 saturated heterocycles. The fourth-order valence-electron chi connectivity index (χ4n) is 4.25. The molecular weight excluding hydrogens is 234 g/mol. The normalized spacial score (nSPS) is 28.6. The first-order valence-corrected chi connectivity index (χ1v) is 8.21. The molecule has 0 heterocycles. The third-order valence-electron chi connectivity index (χ3n) is 5.16. The minimum absolute atomic E-state index is 0.0395. The molecule has 2 atom stereocenters. The average molecular weight is 269 g/mol. The average Bonchev–Trinajstić information content (AvgIpc) is 2.71. The molecule has 0 aromatic carbocycles. The van der Waals surface area contributed by atoms with E-state index in [0.717, 1.165) is 31.6 Å². The van der Waals surface area contributed by atoms with Crippen LogP contribution in [-0.4, -0.2) is 17.3 Å². The fraction of sp³-hybridized carbons (Fsp3) is 1.00. The molecule has 19 heavy (non-hydrogen) atoms. The SMILES string of the molecule is CCC1CCC(CN)(C(O)(CC(C)C)CC(C)C)C1. The van der Waals surface area contributed by atoms with E-state index in [1.807, 2.05) is 0 Å². The summed E-state index contributed by atoms with van der Waals surface area (Å²) in [5.74, 6) is 1.80. The second kappa shape index (κ2) is 6.58. The van der Waals surface area contributed by atoms with E-state index in [4.69, 9.17) is 5.73 Å². The van der Waals surface area contributed by atoms with Crippen LogP contribution in [0.5, 0.6) is 0 Å². The van der Waals surface area contributed by atoms with Crippen molar-refractivity contribution in [1.29, 1.82) is 0 Å². The third kappa shape index (κ3) is 3.72. The van der Waals surface area contributed by atoms with Gasteiger partial charge >= 0.3 is 0 Å². The summed E-state index contributed by atoms with van der Waals surface area (Å²) < 4.78 is 0. The predicted molar refractivity (Wildman–Crippen MR) is 83.0 cm³/mol. The van der Waals surface area contributed by atoms with Crippen molar-refractivity contribution in [3.63, 3.8) is 0 Å². The van der Waals surface area contributed by atoms with Gasteiger partial charge in [-0.2, -0.15) is 0 Å². The van der Waals surface area contributed by atoms with Crippen LogP contribution < -0.4 is 5.73 Å². The van der Waals surface area contributed by atoms with Crippen molar-refractivity contribution in [1.82, 2.24) is 0 Å². The van der Waals surface area contributed by atoms with Crippen molar-refractivity contribution in [2.45, 2.75) is 78.7 Å². The van der Waals surface area contributed by atoms with E-state index < -0.39 is 5.60 Å². The van der Waals surface area contributed by atoms with Gasteiger partial charge in [-0.3, -0.25) is 0 Å². The van der Waals surface area contributed by atoms with Crippen molar-refractivity contribution >= 4 is 0 Å². The van der Waals surface area contributed by atoms with E-state index in [1.165, 1.54) is 12.8 Å². The number of hydrogen-bond donors (Lipinski definition) is 2. The molecule has 1 saturated carbocycles. The Morgan fingerprint density at radius 2 is 1.74 bits per heavy atom. The molecule has 1 fully saturated rings. The first-order valence-electron chi connectivity index (χ1n) is 8.21. The van der Waals surface area contributed by atoms with Crippen LogP contribution in [0.15, 0.2) is 0 Å². The third-order valence-corrected chi connectivity index (χ3v) is 5.16. The second-order valence-electron chi connectivity index (χ2n) is 7.73. The highest BCUT2D eigenvalue weighted by atomic mass is 16.3. The fourth-order valence-corrected chi connectivity index (χ4v) is 4.25. The lowest BCUT2D eigenvalue weighted by Crippen LogP contribution is -2.53. The zero-order valence-corrected chi connectivity index (χ0v) is 13.7. The van der Waals surface area contributed by atoms with Gasteiger partial charge < -0.3 is 10.8 Å². The maximum Gasteiger partial charge on any atom is 0.0720 e. The maximum atomic E-state index is 11.4. The number of rotatable bonds is 7. The van der Waals surface area contributed by atoms with Crippen LogP contribution in [-0.2, 0) is 0 Å². The highest BCUT2D eigenvalue weighted by Crippen LogP contribution is 2.53. The van der Waals surface area contributed by atoms with Crippen LogP contribution in [0.4, 0.5) is 0 Å². The van der Waals surface area contributed by atoms with Gasteiger partial charge in [0.25, 0.3) is 0 Å². The molecule has 0 spiro atoms. The molecule has 0 aliphatic heterocycles. The molecule has 2 nitrogen and oxygen atoms in total. The van der Waals surface area contributed by atoms with Gasteiger partial charge in [0.2, 0.25) is 0 Å². The van der Waals surface area contributed by atoms with Gasteiger partial charge in [-0.1, -0.05) is 41.0 Å². The quantitative estimate of drug-likeness (QED) is 0.734. The Morgan fingerprint density at radius 3 is 2.05 bits per heavy atom. The molecule has 0 bridgehead atoms. The van der Waals surface area contributed by atoms with Crippen LogP contribution in [0.25, 0.3) is 0 Å². The number of aliphatic hydroxyl groups is 1. The van der Waals surface area contributed by atoms with Gasteiger partial charge in [-0.15, -0.1) is 0 Å². The van der Waals surface area contributed by atoms with Crippen molar-refractivity contribution in [2.75, 3.05) is 6.54 Å². The molecule has 3 N–H and O–H groups in total. The predicted octanol–water partition coefficient (Wildman–Crippen LogP) is 3.96. The number of hydrogen-bond acceptors (Lipinski definition) is 2. The summed E-state index contributed by atoms with van der Waals surface area (Å²) in [5, 5.41) is 11.4. The minimum atomic E-state index is -0.575. The Kier molecular flexibility index (Phi) is 5.88. The summed E-state index contributed by atoms with van der Waals surface area (Å²) in [6.07, 6.45) is 6.47. The molecule has 114 valence electrons. The van der Waals surface area contributed by atoms with E-state index in [2.05, 4.69) is 34.6 Å². The molecular formula is C17H35NO. The van der Waals surface area contributed by atoms with Crippen molar-refractivity contribution in [2.24, 2.45) is 28.9 Å². The zero-order valence-electron chi connectivity index (χ0n) is 13.7. The Hall–Kier alpha value is -0.0800. The van der Waals surface area contributed by atoms with Gasteiger partial charge in [-0.25, -0.2) is 0 Å². The van der Waals surface area contributed by atoms with E-state index in [9.17, 15) is 5.11 Å². The van der Waals surface area contributed by atoms with Crippen LogP contribution in [0.2, 0.25) is 0 Å². The molecule has 0 aromatic heterocycles. The molecule has 0 amide bonds. The second-order valence-corrected chi connectivity index (χ2v) is 7.73. The lowest BCUT2D eigenvalue weighted by molar-refractivity contribution is -0.107. The smallest absolute Gasteiger partial charge is 0.0720 e. The van der Waals surface area contributed by atoms with E-state index in [-0.39, 0.29) is 5.41 Å². The molecule has 1 aliphatic carbocycles. The highest BCUT2D eigenvalue weighted by Gasteiger charge is 2.52. The summed E-state index contributed by atoms with van der Waals surface area (Å²) in [5.41, 5.74) is 5.55. The molecule has 1 aliphatic rings. The van der Waals surface area contributed by atoms with Gasteiger partial charge in [-0.05, 0) is 49.9 Å². The maximum absolute atomic E-state index is 11.4. The van der Waals surface area contributed by atoms with E-state index in [1.54, 1.807) is 0 Å². The Balaban J connectivity index is 2.99. The summed E-state index contributed by atoms with van der Waals surface area (Å²) in [7, 11) is 0. The summed E-state index contributed by atoms with van der Waals surface area (Å²) in [6.45, 7) is 11.7. The molecule has 0 radical (unpaired) electrons. The van der Waals surface area contributed by atoms with Crippen LogP contribution in [0, 0.1) is 23.2 Å². The Bertz CT molecular complexity index is 264. The minimum Gasteiger partial charge on any atom is -0.389 e. The lowest BCUT2D eigenvalue weighted by atomic mass is 9.63. The van der Waals surface area contributed by atoms with Crippen molar-refractivity contribution in [3.8, 4) is 0 Å². The Morgan fingerprint density at radius 1 is 1.21 bits per heavy atom. The van der Waals surface area contributed by atoms with Gasteiger partial charge in [0, 0.05) is 12.0 Å². The first-order chi connectivity index (χ1) is 8.78. The number of nitrogens with two attached hydrogens (primary N) is 1. The van der Waals surface area contributed by atoms with Crippen LogP contribution in [0.1, 0.15) is 73.1 Å². The van der Waals surface area contributed by atoms with Gasteiger partial charge in [0.1, 0.15) is 0 Å². The summed E-state index contributed by atoms with van der Waals surface area (Å²) in [6, 6.07) is 0. The van der Waals surface area contributed by atoms with E-state index in [0.29, 0.717) is 18.4 Å². The first kappa shape index (κ1) is 17.0. The van der Waals surface area contributed by atoms with Crippen molar-refractivity contribution < 1.29 is 5.11 Å². The van der Waals surface area contributed by atoms with E-state index >= 15 is 0 Å². The monoisotopic (exact) mass is 269 g/mol. The molecule has 1 rings (SSSR count). The standard InChI is InChI=1S/C17H35NO/c1-6-15-7-8-16(11-15,12-18)17(19,9-13(2)3)10-14(4)5/h13-15,19H,6-12,18H2,1-5H3. The topological polar surface area (TPSA) is 46.2 Å². The molecule has 2 heteroatoms. The Labute approximate surface area is 120 Å². The zero-order chi connectivity index (χ0) is 14.7. The summed E-state index contributed by atoms with van der Waals surface area (Å²) in [4.78, 5) is 0. The summed E-state index contributed by atoms with van der Waals surface area (Å²) >= 11 is 0. The van der Waals surface area contributed by atoms with Gasteiger partial charge in [0.05, 0.1) is 5.60 Å². The van der Waals surface area contributed by atoms with Crippen LogP contribution >= 0.6 is 0 Å². The van der Waals surface area contributed by atoms with Crippen molar-refractivity contribution in [3.05, 3.63) is 0 Å². The molecule has 0 aromatic rings. The largest absolute Gasteiger partial charge is 0.389 e. The van der Waals surface area contributed by atoms with Crippen LogP contribution in [0.3, 0.4) is 0 Å². The lowest BCUT2D eigenvalue weighted by Gasteiger charge is -2.47. The highest BCUT2D eigenvalue weighted by molar-refractivity contribution is 5.04. The van der Waals surface area contributed by atoms with Gasteiger partial charge in [0.15, 0.2) is 0 Å².